The van der Waals surface area contributed by atoms with Crippen molar-refractivity contribution in [1.29, 1.82) is 0 Å². The first-order chi connectivity index (χ1) is 10.9. The molecule has 102 valence electrons. The smallest absolute Gasteiger partial charge is 0.0327 e. The minimum atomic E-state index is 0.988. The summed E-state index contributed by atoms with van der Waals surface area (Å²) in [6.45, 7) is 0. The topological polar surface area (TPSA) is 0 Å². The Kier molecular flexibility index (Phi) is 4.36. The van der Waals surface area contributed by atoms with Crippen LogP contribution in [0, 0.1) is 24.3 Å². The quantitative estimate of drug-likeness (QED) is 0.513. The first kappa shape index (κ1) is 13.7. The van der Waals surface area contributed by atoms with Gasteiger partial charge in [0, 0.05) is 10.8 Å². The second kappa shape index (κ2) is 6.98. The molecule has 0 heterocycles. The predicted octanol–water partition coefficient (Wildman–Crippen LogP) is 5.44. The van der Waals surface area contributed by atoms with Crippen molar-refractivity contribution in [2.45, 2.75) is 0 Å². The molecule has 0 aromatic heterocycles. The highest BCUT2D eigenvalue weighted by Gasteiger charge is 1.84. The van der Waals surface area contributed by atoms with Gasteiger partial charge in [0.25, 0.3) is 0 Å². The first-order valence-corrected chi connectivity index (χ1v) is 7.15. The molecule has 0 heteroatoms. The van der Waals surface area contributed by atoms with E-state index in [1.165, 1.54) is 0 Å². The van der Waals surface area contributed by atoms with Gasteiger partial charge in [-0.1, -0.05) is 84.9 Å². The monoisotopic (exact) mass is 278 g/mol. The van der Waals surface area contributed by atoms with Crippen LogP contribution >= 0.6 is 0 Å². The summed E-state index contributed by atoms with van der Waals surface area (Å²) in [5.41, 5.74) is 0. The van der Waals surface area contributed by atoms with E-state index in [1.54, 1.807) is 0 Å². The van der Waals surface area contributed by atoms with E-state index in [1.807, 2.05) is 60.7 Å². The highest BCUT2D eigenvalue weighted by Crippen LogP contribution is 2.08. The van der Waals surface area contributed by atoms with Gasteiger partial charge in [-0.2, -0.15) is 0 Å². The molecule has 0 saturated heterocycles. The lowest BCUT2D eigenvalue weighted by Gasteiger charge is -1.87. The number of hydrogen-bond donors (Lipinski definition) is 0. The second-order valence-corrected chi connectivity index (χ2v) is 4.78. The Labute approximate surface area is 131 Å². The van der Waals surface area contributed by atoms with E-state index in [9.17, 15) is 0 Å². The Bertz CT molecular complexity index is 815. The molecule has 0 amide bonds. The molecule has 0 atom stereocenters. The van der Waals surface area contributed by atoms with Crippen molar-refractivity contribution in [2.24, 2.45) is 0 Å². The van der Waals surface area contributed by atoms with E-state index < -0.39 is 0 Å². The van der Waals surface area contributed by atoms with E-state index in [0.29, 0.717) is 0 Å². The summed E-state index contributed by atoms with van der Waals surface area (Å²) < 4.78 is 0. The zero-order valence-corrected chi connectivity index (χ0v) is 12.1. The molecule has 3 aromatic rings. The fourth-order valence-corrected chi connectivity index (χ4v) is 2.16. The fourth-order valence-electron chi connectivity index (χ4n) is 2.16. The lowest BCUT2D eigenvalue weighted by Crippen LogP contribution is -1.64. The van der Waals surface area contributed by atoms with Gasteiger partial charge in [-0.05, 0) is 35.0 Å². The van der Waals surface area contributed by atoms with Crippen molar-refractivity contribution in [1.82, 2.24) is 0 Å². The largest absolute Gasteiger partial charge is 0.0622 e. The number of fused-ring (bicyclic) bond motifs is 2. The normalized spacial score (nSPS) is 9.09. The third-order valence-electron chi connectivity index (χ3n) is 3.26. The van der Waals surface area contributed by atoms with E-state index in [4.69, 9.17) is 0 Å². The Morgan fingerprint density at radius 3 is 1.23 bits per heavy atom. The van der Waals surface area contributed by atoms with Gasteiger partial charge in [-0.15, -0.1) is 0 Å². The standard InChI is InChI=1S/C22H14/c1-2-4-12-20-14-6-8-16-22(20)18-10-9-17-21-15-7-5-13-19(21)11-3-1/h1-8,11-16H. The molecule has 0 fully saturated rings. The van der Waals surface area contributed by atoms with Crippen molar-refractivity contribution >= 4 is 21.5 Å². The van der Waals surface area contributed by atoms with E-state index in [-0.39, 0.29) is 0 Å². The van der Waals surface area contributed by atoms with Crippen molar-refractivity contribution < 1.29 is 0 Å². The zero-order chi connectivity index (χ0) is 15.0. The maximum atomic E-state index is 3.13. The minimum absolute atomic E-state index is 0.988. The molecular weight excluding hydrogens is 264 g/mol. The zero-order valence-electron chi connectivity index (χ0n) is 12.1. The fraction of sp³-hybridized carbons (Fsp3) is 0. The Morgan fingerprint density at radius 1 is 0.409 bits per heavy atom. The summed E-state index contributed by atoms with van der Waals surface area (Å²) in [6, 6.07) is 40.5. The average Bonchev–Trinajstić information content (AvgIpc) is 2.56. The van der Waals surface area contributed by atoms with Crippen molar-refractivity contribution in [3.63, 3.8) is 0 Å². The molecule has 3 rings (SSSR count). The van der Waals surface area contributed by atoms with Crippen LogP contribution < -0.4 is 0 Å². The van der Waals surface area contributed by atoms with E-state index >= 15 is 0 Å². The van der Waals surface area contributed by atoms with Crippen molar-refractivity contribution in [3.05, 3.63) is 109 Å². The number of hydrogen-bond acceptors (Lipinski definition) is 0. The van der Waals surface area contributed by atoms with Gasteiger partial charge in [0.1, 0.15) is 0 Å². The van der Waals surface area contributed by atoms with Gasteiger partial charge in [-0.25, -0.2) is 0 Å². The van der Waals surface area contributed by atoms with Gasteiger partial charge in [0.05, 0.1) is 0 Å². The molecule has 0 unspecified atom stereocenters. The molecule has 0 nitrogen and oxygen atoms in total. The van der Waals surface area contributed by atoms with E-state index in [2.05, 4.69) is 48.5 Å². The summed E-state index contributed by atoms with van der Waals surface area (Å²) in [6.07, 6.45) is 0. The molecule has 0 aliphatic rings. The van der Waals surface area contributed by atoms with Gasteiger partial charge in [-0.3, -0.25) is 0 Å². The highest BCUT2D eigenvalue weighted by molar-refractivity contribution is 5.80. The van der Waals surface area contributed by atoms with Crippen molar-refractivity contribution in [3.8, 4) is 0 Å². The van der Waals surface area contributed by atoms with Gasteiger partial charge >= 0.3 is 0 Å². The molecule has 0 bridgehead atoms. The van der Waals surface area contributed by atoms with Gasteiger partial charge in [0.2, 0.25) is 0 Å². The molecular formula is C22H14. The lowest BCUT2D eigenvalue weighted by molar-refractivity contribution is 1.76. The summed E-state index contributed by atoms with van der Waals surface area (Å²) in [5, 5.41) is 4.18. The SMILES string of the molecule is c1c#cc2ccccc2ccccccc2ccccc2c#1. The average molecular weight is 278 g/mol. The maximum absolute atomic E-state index is 3.13. The van der Waals surface area contributed by atoms with Crippen LogP contribution in [0.1, 0.15) is 0 Å². The van der Waals surface area contributed by atoms with Gasteiger partial charge < -0.3 is 0 Å². The Hall–Kier alpha value is -3.22. The second-order valence-electron chi connectivity index (χ2n) is 4.78. The molecule has 0 aliphatic carbocycles. The summed E-state index contributed by atoms with van der Waals surface area (Å²) in [4.78, 5) is 0. The van der Waals surface area contributed by atoms with Crippen LogP contribution in [0.5, 0.6) is 0 Å². The summed E-state index contributed by atoms with van der Waals surface area (Å²) >= 11 is 0. The van der Waals surface area contributed by atoms with Crippen LogP contribution in [-0.2, 0) is 0 Å². The molecule has 0 N–H and O–H groups in total. The molecule has 0 radical (unpaired) electrons. The van der Waals surface area contributed by atoms with Crippen LogP contribution in [0.2, 0.25) is 0 Å². The third kappa shape index (κ3) is 3.45. The van der Waals surface area contributed by atoms with Crippen LogP contribution in [0.3, 0.4) is 0 Å². The molecule has 3 aromatic carbocycles. The summed E-state index contributed by atoms with van der Waals surface area (Å²) in [5.74, 6) is 0. The molecule has 0 saturated carbocycles. The Balaban J connectivity index is 2.28. The third-order valence-corrected chi connectivity index (χ3v) is 3.26. The number of rotatable bonds is 0. The molecule has 0 spiro atoms. The molecule has 22 heavy (non-hydrogen) atoms. The van der Waals surface area contributed by atoms with Gasteiger partial charge in [0.15, 0.2) is 0 Å². The highest BCUT2D eigenvalue weighted by atomic mass is 13.9. The van der Waals surface area contributed by atoms with Crippen LogP contribution in [0.15, 0.2) is 84.9 Å². The predicted molar refractivity (Wildman–Crippen MR) is 92.1 cm³/mol. The lowest BCUT2D eigenvalue weighted by atomic mass is 10.2. The van der Waals surface area contributed by atoms with E-state index in [0.717, 1.165) is 21.5 Å². The summed E-state index contributed by atoms with van der Waals surface area (Å²) in [7, 11) is 0. The maximum Gasteiger partial charge on any atom is 0.0327 e. The molecule has 0 aliphatic heterocycles. The van der Waals surface area contributed by atoms with Crippen LogP contribution in [0.25, 0.3) is 21.5 Å². The minimum Gasteiger partial charge on any atom is -0.0622 e. The van der Waals surface area contributed by atoms with Crippen LogP contribution in [-0.4, -0.2) is 0 Å². The first-order valence-electron chi connectivity index (χ1n) is 7.15. The Morgan fingerprint density at radius 2 is 0.773 bits per heavy atom. The number of benzene rings is 2. The van der Waals surface area contributed by atoms with Crippen molar-refractivity contribution in [2.75, 3.05) is 0 Å². The van der Waals surface area contributed by atoms with Crippen LogP contribution in [0.4, 0.5) is 0 Å².